The second kappa shape index (κ2) is 7.38. The van der Waals surface area contributed by atoms with E-state index in [0.29, 0.717) is 48.0 Å². The van der Waals surface area contributed by atoms with E-state index in [1.54, 1.807) is 25.1 Å². The molecule has 1 saturated heterocycles. The number of halogens is 2. The Morgan fingerprint density at radius 3 is 2.64 bits per heavy atom. The summed E-state index contributed by atoms with van der Waals surface area (Å²) in [5, 5.41) is 15.2. The van der Waals surface area contributed by atoms with E-state index in [1.807, 2.05) is 4.90 Å². The van der Waals surface area contributed by atoms with Gasteiger partial charge in [-0.3, -0.25) is 10.1 Å². The SMILES string of the molecule is Cc1nc(N2CCOCC2)nc(Nc2ccc(Cl)cc2Cl)c1[N+](=O)[O-]. The van der Waals surface area contributed by atoms with Crippen LogP contribution in [0.3, 0.4) is 0 Å². The van der Waals surface area contributed by atoms with Crippen molar-refractivity contribution in [2.75, 3.05) is 36.5 Å². The first-order valence-corrected chi connectivity index (χ1v) is 8.29. The molecule has 3 rings (SSSR count). The third-order valence-corrected chi connectivity index (χ3v) is 4.26. The smallest absolute Gasteiger partial charge is 0.332 e. The first kappa shape index (κ1) is 17.7. The lowest BCUT2D eigenvalue weighted by Gasteiger charge is -2.27. The van der Waals surface area contributed by atoms with Gasteiger partial charge >= 0.3 is 5.69 Å². The van der Waals surface area contributed by atoms with Crippen molar-refractivity contribution in [3.05, 3.63) is 44.1 Å². The number of morpholine rings is 1. The van der Waals surface area contributed by atoms with Crippen molar-refractivity contribution in [3.63, 3.8) is 0 Å². The molecule has 0 atom stereocenters. The van der Waals surface area contributed by atoms with E-state index in [0.717, 1.165) is 0 Å². The number of benzene rings is 1. The minimum absolute atomic E-state index is 0.0863. The van der Waals surface area contributed by atoms with Gasteiger partial charge in [-0.25, -0.2) is 4.98 Å². The van der Waals surface area contributed by atoms with Gasteiger partial charge < -0.3 is 15.0 Å². The molecule has 1 aromatic heterocycles. The van der Waals surface area contributed by atoms with E-state index in [-0.39, 0.29) is 17.2 Å². The van der Waals surface area contributed by atoms with Crippen LogP contribution in [-0.2, 0) is 4.74 Å². The zero-order valence-corrected chi connectivity index (χ0v) is 14.8. The van der Waals surface area contributed by atoms with Gasteiger partial charge in [-0.1, -0.05) is 23.2 Å². The Morgan fingerprint density at radius 2 is 2.00 bits per heavy atom. The van der Waals surface area contributed by atoms with Crippen LogP contribution < -0.4 is 10.2 Å². The molecule has 0 bridgehead atoms. The predicted octanol–water partition coefficient (Wildman–Crippen LogP) is 3.58. The van der Waals surface area contributed by atoms with Crippen LogP contribution in [0.15, 0.2) is 18.2 Å². The predicted molar refractivity (Wildman–Crippen MR) is 96.2 cm³/mol. The lowest BCUT2D eigenvalue weighted by molar-refractivity contribution is -0.385. The van der Waals surface area contributed by atoms with Gasteiger partial charge in [0.05, 0.1) is 28.8 Å². The number of anilines is 3. The molecule has 2 heterocycles. The number of rotatable bonds is 4. The second-order valence-electron chi connectivity index (χ2n) is 5.41. The number of nitrogens with zero attached hydrogens (tertiary/aromatic N) is 4. The Balaban J connectivity index is 2.02. The first-order valence-electron chi connectivity index (χ1n) is 7.53. The standard InChI is InChI=1S/C15H15Cl2N5O3/c1-9-13(22(23)24)14(19-12-3-2-10(16)8-11(12)17)20-15(18-9)21-4-6-25-7-5-21/h2-3,8H,4-7H2,1H3,(H,18,19,20). The molecule has 1 aliphatic heterocycles. The number of aromatic nitrogens is 2. The number of hydrogen-bond donors (Lipinski definition) is 1. The lowest BCUT2D eigenvalue weighted by Crippen LogP contribution is -2.37. The van der Waals surface area contributed by atoms with Crippen LogP contribution in [0.2, 0.25) is 10.0 Å². The van der Waals surface area contributed by atoms with Crippen molar-refractivity contribution in [1.29, 1.82) is 0 Å². The van der Waals surface area contributed by atoms with Crippen molar-refractivity contribution in [3.8, 4) is 0 Å². The molecule has 0 amide bonds. The summed E-state index contributed by atoms with van der Waals surface area (Å²) < 4.78 is 5.32. The summed E-state index contributed by atoms with van der Waals surface area (Å²) in [5.74, 6) is 0.502. The quantitative estimate of drug-likeness (QED) is 0.636. The van der Waals surface area contributed by atoms with E-state index < -0.39 is 4.92 Å². The van der Waals surface area contributed by atoms with E-state index >= 15 is 0 Å². The third-order valence-electron chi connectivity index (χ3n) is 3.71. The highest BCUT2D eigenvalue weighted by Gasteiger charge is 2.25. The Hall–Kier alpha value is -2.16. The summed E-state index contributed by atoms with van der Waals surface area (Å²) in [4.78, 5) is 21.5. The molecule has 0 radical (unpaired) electrons. The average Bonchev–Trinajstić information content (AvgIpc) is 2.57. The maximum Gasteiger partial charge on any atom is 0.332 e. The molecule has 8 nitrogen and oxygen atoms in total. The van der Waals surface area contributed by atoms with Crippen LogP contribution in [0.1, 0.15) is 5.69 Å². The fourth-order valence-electron chi connectivity index (χ4n) is 2.48. The van der Waals surface area contributed by atoms with Crippen LogP contribution in [0, 0.1) is 17.0 Å². The van der Waals surface area contributed by atoms with Gasteiger partial charge in [0.1, 0.15) is 5.69 Å². The minimum Gasteiger partial charge on any atom is -0.378 e. The van der Waals surface area contributed by atoms with Gasteiger partial charge in [0.15, 0.2) is 0 Å². The Kier molecular flexibility index (Phi) is 5.22. The molecule has 1 fully saturated rings. The zero-order chi connectivity index (χ0) is 18.0. The molecular weight excluding hydrogens is 369 g/mol. The first-order chi connectivity index (χ1) is 12.0. The lowest BCUT2D eigenvalue weighted by atomic mass is 10.3. The molecule has 0 aliphatic carbocycles. The fourth-order valence-corrected chi connectivity index (χ4v) is 2.94. The Morgan fingerprint density at radius 1 is 1.28 bits per heavy atom. The van der Waals surface area contributed by atoms with Crippen LogP contribution in [-0.4, -0.2) is 41.2 Å². The molecule has 1 N–H and O–H groups in total. The number of nitro groups is 1. The van der Waals surface area contributed by atoms with Crippen LogP contribution in [0.4, 0.5) is 23.1 Å². The molecule has 0 spiro atoms. The van der Waals surface area contributed by atoms with E-state index in [4.69, 9.17) is 27.9 Å². The van der Waals surface area contributed by atoms with Crippen molar-refractivity contribution in [2.24, 2.45) is 0 Å². The monoisotopic (exact) mass is 383 g/mol. The van der Waals surface area contributed by atoms with E-state index in [1.165, 1.54) is 0 Å². The van der Waals surface area contributed by atoms with Gasteiger partial charge in [-0.05, 0) is 25.1 Å². The van der Waals surface area contributed by atoms with Gasteiger partial charge in [0, 0.05) is 18.1 Å². The van der Waals surface area contributed by atoms with Crippen LogP contribution >= 0.6 is 23.2 Å². The zero-order valence-electron chi connectivity index (χ0n) is 13.3. The molecule has 2 aromatic rings. The number of ether oxygens (including phenoxy) is 1. The third kappa shape index (κ3) is 3.92. The van der Waals surface area contributed by atoms with Crippen LogP contribution in [0.25, 0.3) is 0 Å². The van der Waals surface area contributed by atoms with Gasteiger partial charge in [0.25, 0.3) is 0 Å². The largest absolute Gasteiger partial charge is 0.378 e. The van der Waals surface area contributed by atoms with Crippen molar-refractivity contribution < 1.29 is 9.66 Å². The summed E-state index contributed by atoms with van der Waals surface area (Å²) >= 11 is 12.0. The summed E-state index contributed by atoms with van der Waals surface area (Å²) in [6.07, 6.45) is 0. The van der Waals surface area contributed by atoms with Crippen molar-refractivity contribution in [1.82, 2.24) is 9.97 Å². The van der Waals surface area contributed by atoms with Crippen molar-refractivity contribution >= 4 is 46.3 Å². The van der Waals surface area contributed by atoms with Gasteiger partial charge in [-0.15, -0.1) is 0 Å². The fraction of sp³-hybridized carbons (Fsp3) is 0.333. The van der Waals surface area contributed by atoms with E-state index in [9.17, 15) is 10.1 Å². The molecule has 0 saturated carbocycles. The molecule has 0 unspecified atom stereocenters. The molecule has 132 valence electrons. The Bertz CT molecular complexity index is 812. The maximum absolute atomic E-state index is 11.5. The van der Waals surface area contributed by atoms with Crippen LogP contribution in [0.5, 0.6) is 0 Å². The summed E-state index contributed by atoms with van der Waals surface area (Å²) in [7, 11) is 0. The highest BCUT2D eigenvalue weighted by molar-refractivity contribution is 6.36. The molecule has 1 aromatic carbocycles. The summed E-state index contributed by atoms with van der Waals surface area (Å²) in [6.45, 7) is 3.95. The molecule has 25 heavy (non-hydrogen) atoms. The number of hydrogen-bond acceptors (Lipinski definition) is 7. The summed E-state index contributed by atoms with van der Waals surface area (Å²) in [6, 6.07) is 4.83. The number of nitrogens with one attached hydrogen (secondary N) is 1. The Labute approximate surface area is 153 Å². The molecular formula is C15H15Cl2N5O3. The van der Waals surface area contributed by atoms with Gasteiger partial charge in [0.2, 0.25) is 11.8 Å². The normalized spacial score (nSPS) is 14.4. The number of aryl methyl sites for hydroxylation is 1. The van der Waals surface area contributed by atoms with Gasteiger partial charge in [-0.2, -0.15) is 4.98 Å². The average molecular weight is 384 g/mol. The second-order valence-corrected chi connectivity index (χ2v) is 6.26. The molecule has 1 aliphatic rings. The highest BCUT2D eigenvalue weighted by Crippen LogP contribution is 2.33. The summed E-state index contributed by atoms with van der Waals surface area (Å²) in [5.41, 5.74) is 0.553. The maximum atomic E-state index is 11.5. The minimum atomic E-state index is -0.509. The van der Waals surface area contributed by atoms with E-state index in [2.05, 4.69) is 15.3 Å². The topological polar surface area (TPSA) is 93.4 Å². The molecule has 10 heteroatoms. The highest BCUT2D eigenvalue weighted by atomic mass is 35.5. The van der Waals surface area contributed by atoms with Crippen molar-refractivity contribution in [2.45, 2.75) is 6.92 Å².